The Morgan fingerprint density at radius 2 is 1.05 bits per heavy atom. The van der Waals surface area contributed by atoms with E-state index in [1.54, 1.807) is 0 Å². The highest BCUT2D eigenvalue weighted by Crippen LogP contribution is 2.44. The Morgan fingerprint density at radius 3 is 1.49 bits per heavy atom. The van der Waals surface area contributed by atoms with Gasteiger partial charge >= 0.3 is 18.5 Å². The van der Waals surface area contributed by atoms with Crippen LogP contribution in [0.1, 0.15) is 16.7 Å². The number of benzene rings is 3. The molecule has 0 aliphatic rings. The minimum atomic E-state index is -5.06. The number of nitrogen functional groups attached to an aromatic ring is 2. The maximum atomic E-state index is 13.0. The lowest BCUT2D eigenvalue weighted by atomic mass is 9.96. The SMILES string of the molecule is Nc1c([N+](=O)[O-])cc(-c2ccccc2C(F)(F)F)cc1C(F)(F)F.Nc1c([N+](=O)[O-])cc(Br)cc1C(F)(F)F. The number of rotatable bonds is 3. The highest BCUT2D eigenvalue weighted by molar-refractivity contribution is 9.10. The van der Waals surface area contributed by atoms with Crippen molar-refractivity contribution in [2.24, 2.45) is 0 Å². The molecule has 0 fully saturated rings. The van der Waals surface area contributed by atoms with Gasteiger partial charge in [-0.15, -0.1) is 0 Å². The molecule has 4 N–H and O–H groups in total. The Balaban J connectivity index is 0.000000306. The van der Waals surface area contributed by atoms with E-state index in [4.69, 9.17) is 11.5 Å². The van der Waals surface area contributed by atoms with E-state index in [2.05, 4.69) is 15.9 Å². The number of alkyl halides is 9. The van der Waals surface area contributed by atoms with Crippen LogP contribution in [0.15, 0.2) is 53.0 Å². The summed E-state index contributed by atoms with van der Waals surface area (Å²) in [6.07, 6.45) is -14.6. The van der Waals surface area contributed by atoms with Gasteiger partial charge in [-0.2, -0.15) is 39.5 Å². The zero-order chi connectivity index (χ0) is 30.1. The fourth-order valence-corrected chi connectivity index (χ4v) is 3.60. The molecule has 0 saturated carbocycles. The molecule has 0 aliphatic carbocycles. The van der Waals surface area contributed by atoms with Crippen molar-refractivity contribution in [2.45, 2.75) is 18.5 Å². The van der Waals surface area contributed by atoms with E-state index in [1.165, 1.54) is 6.07 Å². The van der Waals surface area contributed by atoms with Gasteiger partial charge in [0.05, 0.1) is 26.5 Å². The number of halogens is 10. The monoisotopic (exact) mass is 634 g/mol. The van der Waals surface area contributed by atoms with Gasteiger partial charge in [0.1, 0.15) is 11.4 Å². The van der Waals surface area contributed by atoms with Crippen LogP contribution in [0, 0.1) is 20.2 Å². The first-order chi connectivity index (χ1) is 17.7. The van der Waals surface area contributed by atoms with Gasteiger partial charge in [-0.3, -0.25) is 20.2 Å². The summed E-state index contributed by atoms with van der Waals surface area (Å²) < 4.78 is 115. The zero-order valence-corrected chi connectivity index (χ0v) is 20.2. The lowest BCUT2D eigenvalue weighted by Crippen LogP contribution is -2.12. The van der Waals surface area contributed by atoms with Crippen molar-refractivity contribution in [1.82, 2.24) is 0 Å². The first-order valence-electron chi connectivity index (χ1n) is 9.78. The molecule has 18 heteroatoms. The third-order valence-corrected chi connectivity index (χ3v) is 5.29. The number of nitrogens with two attached hydrogens (primary N) is 2. The molecule has 0 radical (unpaired) electrons. The average Bonchev–Trinajstić information content (AvgIpc) is 2.78. The molecule has 0 bridgehead atoms. The number of nitro benzene ring substituents is 2. The molecule has 0 unspecified atom stereocenters. The van der Waals surface area contributed by atoms with Crippen molar-refractivity contribution in [1.29, 1.82) is 0 Å². The van der Waals surface area contributed by atoms with Crippen molar-refractivity contribution in [3.05, 3.63) is 89.9 Å². The zero-order valence-electron chi connectivity index (χ0n) is 18.6. The van der Waals surface area contributed by atoms with Crippen LogP contribution in [-0.2, 0) is 18.5 Å². The van der Waals surface area contributed by atoms with Crippen molar-refractivity contribution >= 4 is 38.7 Å². The van der Waals surface area contributed by atoms with Gasteiger partial charge in [0.2, 0.25) is 0 Å². The maximum absolute atomic E-state index is 13.0. The molecule has 0 spiro atoms. The smallest absolute Gasteiger partial charge is 0.393 e. The van der Waals surface area contributed by atoms with Crippen LogP contribution in [0.2, 0.25) is 0 Å². The summed E-state index contributed by atoms with van der Waals surface area (Å²) in [5.41, 5.74) is 1.09. The van der Waals surface area contributed by atoms with E-state index in [1.807, 2.05) is 0 Å². The second kappa shape index (κ2) is 11.0. The number of nitrogens with zero attached hydrogens (tertiary/aromatic N) is 2. The predicted octanol–water partition coefficient (Wildman–Crippen LogP) is 7.84. The van der Waals surface area contributed by atoms with Gasteiger partial charge < -0.3 is 11.5 Å². The van der Waals surface area contributed by atoms with Crippen molar-refractivity contribution in [3.63, 3.8) is 0 Å². The summed E-state index contributed by atoms with van der Waals surface area (Å²) in [4.78, 5) is 19.2. The largest absolute Gasteiger partial charge is 0.418 e. The molecule has 3 rings (SSSR count). The fraction of sp³-hybridized carbons (Fsp3) is 0.143. The van der Waals surface area contributed by atoms with E-state index in [0.717, 1.165) is 18.2 Å². The molecule has 0 heterocycles. The van der Waals surface area contributed by atoms with Crippen molar-refractivity contribution < 1.29 is 49.4 Å². The van der Waals surface area contributed by atoms with Crippen LogP contribution in [0.4, 0.5) is 62.3 Å². The predicted molar refractivity (Wildman–Crippen MR) is 123 cm³/mol. The molecule has 0 amide bonds. The Bertz CT molecular complexity index is 1420. The van der Waals surface area contributed by atoms with E-state index in [0.29, 0.717) is 24.3 Å². The van der Waals surface area contributed by atoms with Crippen LogP contribution in [0.5, 0.6) is 0 Å². The minimum Gasteiger partial charge on any atom is -0.393 e. The Labute approximate surface area is 219 Å². The lowest BCUT2D eigenvalue weighted by molar-refractivity contribution is -0.384. The first kappa shape index (κ1) is 31.1. The topological polar surface area (TPSA) is 138 Å². The average molecular weight is 635 g/mol. The minimum absolute atomic E-state index is 0.0456. The van der Waals surface area contributed by atoms with Crippen LogP contribution in [0.25, 0.3) is 11.1 Å². The molecular formula is C21H12BrF9N4O4. The molecule has 8 nitrogen and oxygen atoms in total. The fourth-order valence-electron chi connectivity index (χ4n) is 3.15. The second-order valence-electron chi connectivity index (χ2n) is 7.40. The Morgan fingerprint density at radius 1 is 0.641 bits per heavy atom. The third kappa shape index (κ3) is 7.27. The van der Waals surface area contributed by atoms with Crippen LogP contribution >= 0.6 is 15.9 Å². The second-order valence-corrected chi connectivity index (χ2v) is 8.31. The standard InChI is InChI=1S/C14H8F6N2O2.C7H4BrF3N2O2/c15-13(16,17)9-4-2-1-3-8(9)7-5-10(14(18,19)20)12(21)11(6-7)22(23)24;8-3-1-4(7(9,10)11)6(12)5(2-3)13(14)15/h1-6H,21H2;1-2H,12H2. The summed E-state index contributed by atoms with van der Waals surface area (Å²) in [6.45, 7) is 0. The van der Waals surface area contributed by atoms with E-state index in [-0.39, 0.29) is 4.47 Å². The van der Waals surface area contributed by atoms with Gasteiger partial charge in [0.15, 0.2) is 0 Å². The van der Waals surface area contributed by atoms with Crippen molar-refractivity contribution in [2.75, 3.05) is 11.5 Å². The quantitative estimate of drug-likeness (QED) is 0.130. The number of nitro groups is 2. The maximum Gasteiger partial charge on any atom is 0.418 e. The summed E-state index contributed by atoms with van der Waals surface area (Å²) in [5.74, 6) is 0. The Kier molecular flexibility index (Phi) is 8.74. The third-order valence-electron chi connectivity index (χ3n) is 4.83. The summed E-state index contributed by atoms with van der Waals surface area (Å²) in [6, 6.07) is 6.42. The van der Waals surface area contributed by atoms with E-state index < -0.39 is 78.9 Å². The highest BCUT2D eigenvalue weighted by Gasteiger charge is 2.39. The molecule has 210 valence electrons. The summed E-state index contributed by atoms with van der Waals surface area (Å²) in [7, 11) is 0. The lowest BCUT2D eigenvalue weighted by Gasteiger charge is -2.16. The van der Waals surface area contributed by atoms with Gasteiger partial charge in [-0.05, 0) is 29.3 Å². The van der Waals surface area contributed by atoms with Crippen LogP contribution in [0.3, 0.4) is 0 Å². The van der Waals surface area contributed by atoms with Gasteiger partial charge in [0.25, 0.3) is 11.4 Å². The van der Waals surface area contributed by atoms with Crippen molar-refractivity contribution in [3.8, 4) is 11.1 Å². The highest BCUT2D eigenvalue weighted by atomic mass is 79.9. The van der Waals surface area contributed by atoms with Crippen LogP contribution < -0.4 is 11.5 Å². The van der Waals surface area contributed by atoms with Gasteiger partial charge in [-0.1, -0.05) is 34.1 Å². The van der Waals surface area contributed by atoms with Gasteiger partial charge in [-0.25, -0.2) is 0 Å². The number of hydrogen-bond acceptors (Lipinski definition) is 6. The summed E-state index contributed by atoms with van der Waals surface area (Å²) in [5, 5.41) is 21.3. The molecule has 0 aliphatic heterocycles. The summed E-state index contributed by atoms with van der Waals surface area (Å²) >= 11 is 2.75. The van der Waals surface area contributed by atoms with E-state index in [9.17, 15) is 59.7 Å². The molecule has 39 heavy (non-hydrogen) atoms. The molecule has 0 aromatic heterocycles. The molecule has 0 atom stereocenters. The molecule has 0 saturated heterocycles. The molecule has 3 aromatic carbocycles. The van der Waals surface area contributed by atoms with Crippen LogP contribution in [-0.4, -0.2) is 9.85 Å². The number of anilines is 2. The normalized spacial score (nSPS) is 11.9. The first-order valence-corrected chi connectivity index (χ1v) is 10.6. The van der Waals surface area contributed by atoms with E-state index >= 15 is 0 Å². The molecule has 3 aromatic rings. The van der Waals surface area contributed by atoms with Gasteiger partial charge in [0, 0.05) is 16.6 Å². The Hall–Kier alpha value is -4.09. The number of hydrogen-bond donors (Lipinski definition) is 2. The molecular weight excluding hydrogens is 623 g/mol.